The van der Waals surface area contributed by atoms with Crippen molar-refractivity contribution in [3.63, 3.8) is 0 Å². The molecule has 2 aromatic carbocycles. The minimum atomic E-state index is 0.202. The quantitative estimate of drug-likeness (QED) is 0.565. The smallest absolute Gasteiger partial charge is 0.132 e. The van der Waals surface area contributed by atoms with Gasteiger partial charge in [-0.15, -0.1) is 23.1 Å². The van der Waals surface area contributed by atoms with Crippen molar-refractivity contribution in [1.82, 2.24) is 10.3 Å². The SMILES string of the molecule is COc1cc(CNC(C)c2nc(-c3ccccc3)cs2)ccc1SC. The van der Waals surface area contributed by atoms with Crippen LogP contribution in [-0.4, -0.2) is 18.3 Å². The second kappa shape index (κ2) is 8.52. The lowest BCUT2D eigenvalue weighted by molar-refractivity contribution is 0.404. The molecule has 0 spiro atoms. The molecule has 3 nitrogen and oxygen atoms in total. The molecule has 5 heteroatoms. The summed E-state index contributed by atoms with van der Waals surface area (Å²) < 4.78 is 5.46. The highest BCUT2D eigenvalue weighted by Gasteiger charge is 2.12. The summed E-state index contributed by atoms with van der Waals surface area (Å²) in [7, 11) is 1.72. The van der Waals surface area contributed by atoms with Gasteiger partial charge in [0, 0.05) is 22.4 Å². The van der Waals surface area contributed by atoms with E-state index in [1.165, 1.54) is 5.56 Å². The first-order chi connectivity index (χ1) is 12.2. The van der Waals surface area contributed by atoms with Crippen molar-refractivity contribution in [3.05, 3.63) is 64.5 Å². The summed E-state index contributed by atoms with van der Waals surface area (Å²) in [5, 5.41) is 6.78. The molecular weight excluding hydrogens is 348 g/mol. The van der Waals surface area contributed by atoms with Crippen LogP contribution in [-0.2, 0) is 6.54 Å². The van der Waals surface area contributed by atoms with Gasteiger partial charge in [-0.25, -0.2) is 4.98 Å². The van der Waals surface area contributed by atoms with Crippen LogP contribution >= 0.6 is 23.1 Å². The van der Waals surface area contributed by atoms with Crippen LogP contribution in [0.15, 0.2) is 58.8 Å². The fourth-order valence-electron chi connectivity index (χ4n) is 2.58. The monoisotopic (exact) mass is 370 g/mol. The van der Waals surface area contributed by atoms with E-state index in [1.54, 1.807) is 30.2 Å². The maximum Gasteiger partial charge on any atom is 0.132 e. The van der Waals surface area contributed by atoms with Crippen LogP contribution < -0.4 is 10.1 Å². The van der Waals surface area contributed by atoms with Crippen LogP contribution in [0, 0.1) is 0 Å². The van der Waals surface area contributed by atoms with Crippen LogP contribution in [0.2, 0.25) is 0 Å². The van der Waals surface area contributed by atoms with E-state index >= 15 is 0 Å². The highest BCUT2D eigenvalue weighted by molar-refractivity contribution is 7.98. The standard InChI is InChI=1S/C20H22N2OS2/c1-14(20-22-17(13-25-20)16-7-5-4-6-8-16)21-12-15-9-10-19(24-3)18(11-15)23-2/h4-11,13-14,21H,12H2,1-3H3. The number of ether oxygens (including phenoxy) is 1. The molecule has 3 aromatic rings. The molecule has 130 valence electrons. The largest absolute Gasteiger partial charge is 0.496 e. The lowest BCUT2D eigenvalue weighted by Crippen LogP contribution is -2.18. The molecule has 25 heavy (non-hydrogen) atoms. The Morgan fingerprint density at radius 2 is 2.00 bits per heavy atom. The number of benzene rings is 2. The molecule has 0 saturated carbocycles. The third-order valence-electron chi connectivity index (χ3n) is 4.02. The molecule has 0 amide bonds. The molecular formula is C20H22N2OS2. The number of rotatable bonds is 7. The van der Waals surface area contributed by atoms with Gasteiger partial charge in [0.25, 0.3) is 0 Å². The number of methoxy groups -OCH3 is 1. The first-order valence-electron chi connectivity index (χ1n) is 8.16. The summed E-state index contributed by atoms with van der Waals surface area (Å²) in [4.78, 5) is 5.94. The predicted molar refractivity (Wildman–Crippen MR) is 108 cm³/mol. The Morgan fingerprint density at radius 3 is 2.72 bits per heavy atom. The fraction of sp³-hybridized carbons (Fsp3) is 0.250. The third-order valence-corrected chi connectivity index (χ3v) is 5.83. The average Bonchev–Trinajstić information content (AvgIpc) is 3.17. The molecule has 0 aliphatic carbocycles. The minimum Gasteiger partial charge on any atom is -0.496 e. The van der Waals surface area contributed by atoms with E-state index in [9.17, 15) is 0 Å². The number of hydrogen-bond donors (Lipinski definition) is 1. The molecule has 3 rings (SSSR count). The van der Waals surface area contributed by atoms with Gasteiger partial charge < -0.3 is 10.1 Å². The number of aromatic nitrogens is 1. The first kappa shape index (κ1) is 18.0. The van der Waals surface area contributed by atoms with Gasteiger partial charge in [-0.3, -0.25) is 0 Å². The van der Waals surface area contributed by atoms with Gasteiger partial charge in [-0.2, -0.15) is 0 Å². The first-order valence-corrected chi connectivity index (χ1v) is 10.3. The zero-order valence-electron chi connectivity index (χ0n) is 14.7. The van der Waals surface area contributed by atoms with Gasteiger partial charge in [0.1, 0.15) is 10.8 Å². The maximum atomic E-state index is 5.46. The molecule has 0 aliphatic rings. The molecule has 1 heterocycles. The summed E-state index contributed by atoms with van der Waals surface area (Å²) in [5.74, 6) is 0.931. The second-order valence-electron chi connectivity index (χ2n) is 5.73. The van der Waals surface area contributed by atoms with Gasteiger partial charge in [-0.05, 0) is 30.9 Å². The highest BCUT2D eigenvalue weighted by atomic mass is 32.2. The van der Waals surface area contributed by atoms with Gasteiger partial charge in [0.05, 0.1) is 18.8 Å². The van der Waals surface area contributed by atoms with Crippen LogP contribution in [0.4, 0.5) is 0 Å². The predicted octanol–water partition coefficient (Wildman–Crippen LogP) is 5.39. The molecule has 0 radical (unpaired) electrons. The Balaban J connectivity index is 1.65. The lowest BCUT2D eigenvalue weighted by atomic mass is 10.2. The fourth-order valence-corrected chi connectivity index (χ4v) is 3.98. The molecule has 1 atom stereocenters. The van der Waals surface area contributed by atoms with E-state index in [0.717, 1.165) is 33.5 Å². The van der Waals surface area contributed by atoms with Gasteiger partial charge >= 0.3 is 0 Å². The van der Waals surface area contributed by atoms with E-state index in [-0.39, 0.29) is 6.04 Å². The Bertz CT molecular complexity index is 818. The molecule has 1 unspecified atom stereocenters. The Morgan fingerprint density at radius 1 is 1.20 bits per heavy atom. The number of nitrogens with one attached hydrogen (secondary N) is 1. The molecule has 0 fully saturated rings. The van der Waals surface area contributed by atoms with Crippen LogP contribution in [0.25, 0.3) is 11.3 Å². The Labute approximate surface area is 157 Å². The number of hydrogen-bond acceptors (Lipinski definition) is 5. The summed E-state index contributed by atoms with van der Waals surface area (Å²) >= 11 is 3.40. The van der Waals surface area contributed by atoms with Crippen molar-refractivity contribution in [2.75, 3.05) is 13.4 Å². The Kier molecular flexibility index (Phi) is 6.13. The lowest BCUT2D eigenvalue weighted by Gasteiger charge is -2.13. The molecule has 0 saturated heterocycles. The summed E-state index contributed by atoms with van der Waals surface area (Å²) in [5.41, 5.74) is 3.41. The normalized spacial score (nSPS) is 12.1. The summed E-state index contributed by atoms with van der Waals surface area (Å²) in [6.45, 7) is 2.94. The van der Waals surface area contributed by atoms with E-state index in [2.05, 4.69) is 54.2 Å². The molecule has 1 N–H and O–H groups in total. The minimum absolute atomic E-state index is 0.202. The van der Waals surface area contributed by atoms with Crippen LogP contribution in [0.1, 0.15) is 23.5 Å². The van der Waals surface area contributed by atoms with E-state index in [1.807, 2.05) is 18.2 Å². The number of nitrogens with zero attached hydrogens (tertiary/aromatic N) is 1. The average molecular weight is 371 g/mol. The zero-order chi connectivity index (χ0) is 17.6. The number of thioether (sulfide) groups is 1. The zero-order valence-corrected chi connectivity index (χ0v) is 16.3. The third kappa shape index (κ3) is 4.42. The van der Waals surface area contributed by atoms with Crippen LogP contribution in [0.3, 0.4) is 0 Å². The van der Waals surface area contributed by atoms with E-state index in [0.29, 0.717) is 0 Å². The van der Waals surface area contributed by atoms with Crippen molar-refractivity contribution < 1.29 is 4.74 Å². The Hall–Kier alpha value is -1.82. The van der Waals surface area contributed by atoms with Crippen LogP contribution in [0.5, 0.6) is 5.75 Å². The van der Waals surface area contributed by atoms with E-state index < -0.39 is 0 Å². The van der Waals surface area contributed by atoms with E-state index in [4.69, 9.17) is 9.72 Å². The molecule has 0 aliphatic heterocycles. The van der Waals surface area contributed by atoms with Crippen molar-refractivity contribution in [2.24, 2.45) is 0 Å². The maximum absolute atomic E-state index is 5.46. The molecule has 0 bridgehead atoms. The van der Waals surface area contributed by atoms with Gasteiger partial charge in [-0.1, -0.05) is 36.4 Å². The number of thiazole rings is 1. The highest BCUT2D eigenvalue weighted by Crippen LogP contribution is 2.29. The van der Waals surface area contributed by atoms with Crippen molar-refractivity contribution in [2.45, 2.75) is 24.4 Å². The topological polar surface area (TPSA) is 34.1 Å². The van der Waals surface area contributed by atoms with Gasteiger partial charge in [0.15, 0.2) is 0 Å². The van der Waals surface area contributed by atoms with Crippen molar-refractivity contribution in [1.29, 1.82) is 0 Å². The summed E-state index contributed by atoms with van der Waals surface area (Å²) in [6, 6.07) is 16.9. The second-order valence-corrected chi connectivity index (χ2v) is 7.47. The van der Waals surface area contributed by atoms with Gasteiger partial charge in [0.2, 0.25) is 0 Å². The van der Waals surface area contributed by atoms with Crippen molar-refractivity contribution >= 4 is 23.1 Å². The summed E-state index contributed by atoms with van der Waals surface area (Å²) in [6.07, 6.45) is 2.06. The van der Waals surface area contributed by atoms with Crippen molar-refractivity contribution in [3.8, 4) is 17.0 Å². The molecule has 1 aromatic heterocycles.